The number of hydrogen-bond donors (Lipinski definition) is 3. The molecular weight excluding hydrogens is 305 g/mol. The summed E-state index contributed by atoms with van der Waals surface area (Å²) in [5.74, 6) is -0.719. The molecule has 0 spiro atoms. The van der Waals surface area contributed by atoms with Crippen LogP contribution >= 0.6 is 0 Å². The number of benzene rings is 2. The predicted molar refractivity (Wildman–Crippen MR) is 80.0 cm³/mol. The molecule has 0 fully saturated rings. The van der Waals surface area contributed by atoms with Crippen LogP contribution in [-0.2, 0) is 14.9 Å². The topological polar surface area (TPSA) is 104 Å². The smallest absolute Gasteiger partial charge is 0.294 e. The molecule has 21 heavy (non-hydrogen) atoms. The van der Waals surface area contributed by atoms with Crippen molar-refractivity contribution in [2.75, 3.05) is 5.32 Å². The second-order valence-corrected chi connectivity index (χ2v) is 5.47. The average molecular weight is 316 g/mol. The number of fused-ring (bicyclic) bond motifs is 1. The Bertz CT molecular complexity index is 817. The van der Waals surface area contributed by atoms with Crippen LogP contribution in [0.5, 0.6) is 5.75 Å². The molecule has 0 unspecified atom stereocenters. The zero-order chi connectivity index (χ0) is 14.9. The number of phenols is 1. The molecular formula is C13H11NNaO5S. The molecule has 0 aliphatic heterocycles. The first-order valence-corrected chi connectivity index (χ1v) is 6.93. The van der Waals surface area contributed by atoms with Gasteiger partial charge in [-0.1, -0.05) is 12.6 Å². The van der Waals surface area contributed by atoms with E-state index in [9.17, 15) is 18.3 Å². The van der Waals surface area contributed by atoms with E-state index in [0.717, 1.165) is 12.1 Å². The minimum atomic E-state index is -4.39. The van der Waals surface area contributed by atoms with Gasteiger partial charge in [-0.2, -0.15) is 8.42 Å². The molecule has 2 aromatic rings. The summed E-state index contributed by atoms with van der Waals surface area (Å²) in [5, 5.41) is 13.1. The Morgan fingerprint density at radius 3 is 2.48 bits per heavy atom. The molecule has 0 bridgehead atoms. The van der Waals surface area contributed by atoms with Crippen LogP contribution in [0.2, 0.25) is 0 Å². The molecule has 2 aromatic carbocycles. The Morgan fingerprint density at radius 2 is 1.90 bits per heavy atom. The van der Waals surface area contributed by atoms with Gasteiger partial charge in [-0.05, 0) is 29.7 Å². The fourth-order valence-corrected chi connectivity index (χ4v) is 2.27. The van der Waals surface area contributed by atoms with E-state index in [2.05, 4.69) is 11.9 Å². The van der Waals surface area contributed by atoms with Crippen LogP contribution in [0.15, 0.2) is 47.9 Å². The zero-order valence-corrected chi connectivity index (χ0v) is 14.0. The SMILES string of the molecule is C=CC(=O)Nc1ccc2cc(S(=O)(=O)O)cc(O)c2c1.[Na]. The van der Waals surface area contributed by atoms with E-state index in [-0.39, 0.29) is 35.3 Å². The zero-order valence-electron chi connectivity index (χ0n) is 11.2. The summed E-state index contributed by atoms with van der Waals surface area (Å²) < 4.78 is 31.1. The van der Waals surface area contributed by atoms with Crippen molar-refractivity contribution in [1.82, 2.24) is 0 Å². The molecule has 0 aliphatic carbocycles. The number of carbonyl (C=O) groups is 1. The van der Waals surface area contributed by atoms with E-state index in [4.69, 9.17) is 4.55 Å². The first-order valence-electron chi connectivity index (χ1n) is 5.49. The van der Waals surface area contributed by atoms with Crippen molar-refractivity contribution < 1.29 is 22.9 Å². The summed E-state index contributed by atoms with van der Waals surface area (Å²) in [6, 6.07) is 6.71. The first-order chi connectivity index (χ1) is 9.31. The minimum Gasteiger partial charge on any atom is -0.507 e. The van der Waals surface area contributed by atoms with Crippen molar-refractivity contribution in [1.29, 1.82) is 0 Å². The summed E-state index contributed by atoms with van der Waals surface area (Å²) in [6.45, 7) is 3.32. The maximum atomic E-state index is 11.2. The van der Waals surface area contributed by atoms with Crippen molar-refractivity contribution >= 4 is 62.0 Å². The Labute approximate surface area is 143 Å². The molecule has 0 saturated carbocycles. The molecule has 1 radical (unpaired) electrons. The molecule has 3 N–H and O–H groups in total. The minimum absolute atomic E-state index is 0. The van der Waals surface area contributed by atoms with Crippen molar-refractivity contribution in [3.8, 4) is 5.75 Å². The number of amides is 1. The molecule has 2 rings (SSSR count). The van der Waals surface area contributed by atoms with Crippen LogP contribution in [0.25, 0.3) is 10.8 Å². The van der Waals surface area contributed by atoms with E-state index >= 15 is 0 Å². The van der Waals surface area contributed by atoms with Gasteiger partial charge in [0.15, 0.2) is 0 Å². The Hall–Kier alpha value is -1.38. The molecule has 0 aromatic heterocycles. The van der Waals surface area contributed by atoms with Crippen molar-refractivity contribution in [3.05, 3.63) is 43.0 Å². The van der Waals surface area contributed by atoms with Gasteiger partial charge < -0.3 is 10.4 Å². The third-order valence-electron chi connectivity index (χ3n) is 2.66. The number of hydrogen-bond acceptors (Lipinski definition) is 4. The first kappa shape index (κ1) is 17.7. The molecule has 0 atom stereocenters. The van der Waals surface area contributed by atoms with Crippen LogP contribution in [0, 0.1) is 0 Å². The van der Waals surface area contributed by atoms with Gasteiger partial charge in [-0.25, -0.2) is 0 Å². The quantitative estimate of drug-likeness (QED) is 0.453. The summed E-state index contributed by atoms with van der Waals surface area (Å²) >= 11 is 0. The maximum Gasteiger partial charge on any atom is 0.294 e. The molecule has 6 nitrogen and oxygen atoms in total. The van der Waals surface area contributed by atoms with Gasteiger partial charge in [0.1, 0.15) is 5.75 Å². The van der Waals surface area contributed by atoms with E-state index in [1.165, 1.54) is 24.3 Å². The van der Waals surface area contributed by atoms with E-state index < -0.39 is 20.9 Å². The van der Waals surface area contributed by atoms with Gasteiger partial charge in [0.05, 0.1) is 4.90 Å². The monoisotopic (exact) mass is 316 g/mol. The van der Waals surface area contributed by atoms with Crippen LogP contribution in [0.3, 0.4) is 0 Å². The average Bonchev–Trinajstić information content (AvgIpc) is 2.38. The summed E-state index contributed by atoms with van der Waals surface area (Å²) in [6.07, 6.45) is 1.10. The van der Waals surface area contributed by atoms with Crippen molar-refractivity contribution in [2.24, 2.45) is 0 Å². The number of carbonyl (C=O) groups excluding carboxylic acids is 1. The molecule has 1 amide bonds. The van der Waals surface area contributed by atoms with Gasteiger partial charge in [-0.15, -0.1) is 0 Å². The normalized spacial score (nSPS) is 10.7. The van der Waals surface area contributed by atoms with Crippen LogP contribution in [0.4, 0.5) is 5.69 Å². The summed E-state index contributed by atoms with van der Waals surface area (Å²) in [7, 11) is -4.39. The van der Waals surface area contributed by atoms with E-state index in [0.29, 0.717) is 16.5 Å². The molecule has 8 heteroatoms. The maximum absolute atomic E-state index is 11.2. The number of phenolic OH excluding ortho intramolecular Hbond substituents is 1. The Kier molecular flexibility index (Phi) is 5.54. The number of rotatable bonds is 3. The standard InChI is InChI=1S/C13H11NO5S.Na/c1-2-13(16)14-9-4-3-8-5-10(20(17,18)19)7-12(15)11(8)6-9;/h2-7,15H,1H2,(H,14,16)(H,17,18,19);. The second-order valence-electron chi connectivity index (χ2n) is 4.05. The Morgan fingerprint density at radius 1 is 1.24 bits per heavy atom. The van der Waals surface area contributed by atoms with Crippen LogP contribution in [0.1, 0.15) is 0 Å². The van der Waals surface area contributed by atoms with Gasteiger partial charge in [-0.3, -0.25) is 9.35 Å². The van der Waals surface area contributed by atoms with Gasteiger partial charge in [0.2, 0.25) is 5.91 Å². The van der Waals surface area contributed by atoms with Crippen molar-refractivity contribution in [2.45, 2.75) is 4.90 Å². The van der Waals surface area contributed by atoms with E-state index in [1.54, 1.807) is 0 Å². The van der Waals surface area contributed by atoms with Crippen molar-refractivity contribution in [3.63, 3.8) is 0 Å². The third kappa shape index (κ3) is 4.05. The summed E-state index contributed by atoms with van der Waals surface area (Å²) in [5.41, 5.74) is 0.428. The van der Waals surface area contributed by atoms with E-state index in [1.807, 2.05) is 0 Å². The van der Waals surface area contributed by atoms with Gasteiger partial charge in [0, 0.05) is 46.7 Å². The molecule has 0 heterocycles. The molecule has 0 aliphatic rings. The largest absolute Gasteiger partial charge is 0.507 e. The van der Waals surface area contributed by atoms with Crippen LogP contribution in [-0.4, -0.2) is 53.5 Å². The fourth-order valence-electron chi connectivity index (χ4n) is 1.73. The molecule has 0 saturated heterocycles. The Balaban J connectivity index is 0.00000220. The van der Waals surface area contributed by atoms with Gasteiger partial charge >= 0.3 is 0 Å². The number of aromatic hydroxyl groups is 1. The fraction of sp³-hybridized carbons (Fsp3) is 0. The van der Waals surface area contributed by atoms with Crippen LogP contribution < -0.4 is 5.32 Å². The molecule has 105 valence electrons. The summed E-state index contributed by atoms with van der Waals surface area (Å²) in [4.78, 5) is 10.8. The number of nitrogens with one attached hydrogen (secondary N) is 1. The number of anilines is 1. The predicted octanol–water partition coefficient (Wildman–Crippen LogP) is 1.54. The third-order valence-corrected chi connectivity index (χ3v) is 3.49. The second kappa shape index (κ2) is 6.59. The van der Waals surface area contributed by atoms with Gasteiger partial charge in [0.25, 0.3) is 10.1 Å².